The van der Waals surface area contributed by atoms with E-state index in [9.17, 15) is 4.79 Å². The highest BCUT2D eigenvalue weighted by molar-refractivity contribution is 5.77. The number of nitrogens with two attached hydrogens (primary N) is 1. The third-order valence-electron chi connectivity index (χ3n) is 2.29. The first-order chi connectivity index (χ1) is 9.15. The lowest BCUT2D eigenvalue weighted by Crippen LogP contribution is -2.28. The van der Waals surface area contributed by atoms with Crippen LogP contribution in [0.5, 0.6) is 5.75 Å². The Morgan fingerprint density at radius 1 is 1.47 bits per heavy atom. The molecule has 0 spiro atoms. The number of ether oxygens (including phenoxy) is 1. The number of rotatable bonds is 5. The predicted molar refractivity (Wildman–Crippen MR) is 67.2 cm³/mol. The zero-order valence-corrected chi connectivity index (χ0v) is 10.4. The van der Waals surface area contributed by atoms with Gasteiger partial charge in [0.25, 0.3) is 5.91 Å². The SMILES string of the molecule is Cc1nc(CNC(=O)COc2ccccc2N)no1. The number of carbonyl (C=O) groups excluding carboxylic acids is 1. The maximum Gasteiger partial charge on any atom is 0.258 e. The predicted octanol–water partition coefficient (Wildman–Crippen LogP) is 0.655. The summed E-state index contributed by atoms with van der Waals surface area (Å²) in [5.74, 6) is 1.07. The van der Waals surface area contributed by atoms with Gasteiger partial charge in [0.15, 0.2) is 12.4 Å². The van der Waals surface area contributed by atoms with Gasteiger partial charge in [-0.1, -0.05) is 17.3 Å². The quantitative estimate of drug-likeness (QED) is 0.767. The van der Waals surface area contributed by atoms with Gasteiger partial charge in [0.1, 0.15) is 5.75 Å². The summed E-state index contributed by atoms with van der Waals surface area (Å²) < 4.78 is 10.1. The van der Waals surface area contributed by atoms with Crippen molar-refractivity contribution in [1.29, 1.82) is 0 Å². The van der Waals surface area contributed by atoms with Crippen molar-refractivity contribution in [2.75, 3.05) is 12.3 Å². The van der Waals surface area contributed by atoms with E-state index in [4.69, 9.17) is 15.0 Å². The first-order valence-electron chi connectivity index (χ1n) is 5.68. The summed E-state index contributed by atoms with van der Waals surface area (Å²) in [6.07, 6.45) is 0. The van der Waals surface area contributed by atoms with Crippen LogP contribution in [-0.2, 0) is 11.3 Å². The molecule has 0 aliphatic carbocycles. The van der Waals surface area contributed by atoms with Crippen LogP contribution < -0.4 is 15.8 Å². The highest BCUT2D eigenvalue weighted by atomic mass is 16.5. The molecule has 0 saturated carbocycles. The molecule has 100 valence electrons. The third kappa shape index (κ3) is 3.70. The molecule has 0 bridgehead atoms. The number of carbonyl (C=O) groups is 1. The normalized spacial score (nSPS) is 10.2. The van der Waals surface area contributed by atoms with Crippen LogP contribution in [0.25, 0.3) is 0 Å². The van der Waals surface area contributed by atoms with E-state index in [2.05, 4.69) is 15.5 Å². The van der Waals surface area contributed by atoms with E-state index >= 15 is 0 Å². The highest BCUT2D eigenvalue weighted by Crippen LogP contribution is 2.19. The van der Waals surface area contributed by atoms with Gasteiger partial charge in [-0.05, 0) is 12.1 Å². The zero-order chi connectivity index (χ0) is 13.7. The second-order valence-electron chi connectivity index (χ2n) is 3.83. The lowest BCUT2D eigenvalue weighted by Gasteiger charge is -2.08. The lowest BCUT2D eigenvalue weighted by atomic mass is 10.3. The number of anilines is 1. The topological polar surface area (TPSA) is 103 Å². The molecule has 1 aromatic carbocycles. The average Bonchev–Trinajstić information content (AvgIpc) is 2.81. The van der Waals surface area contributed by atoms with Crippen molar-refractivity contribution in [1.82, 2.24) is 15.5 Å². The molecule has 0 unspecified atom stereocenters. The summed E-state index contributed by atoms with van der Waals surface area (Å²) >= 11 is 0. The molecule has 1 heterocycles. The largest absolute Gasteiger partial charge is 0.482 e. The van der Waals surface area contributed by atoms with E-state index in [1.807, 2.05) is 0 Å². The molecular weight excluding hydrogens is 248 g/mol. The first kappa shape index (κ1) is 12.9. The molecule has 7 nitrogen and oxygen atoms in total. The number of amides is 1. The van der Waals surface area contributed by atoms with Crippen LogP contribution in [-0.4, -0.2) is 22.7 Å². The Morgan fingerprint density at radius 2 is 2.26 bits per heavy atom. The van der Waals surface area contributed by atoms with E-state index in [0.29, 0.717) is 23.2 Å². The number of hydrogen-bond donors (Lipinski definition) is 2. The number of hydrogen-bond acceptors (Lipinski definition) is 6. The van der Waals surface area contributed by atoms with Gasteiger partial charge in [0.05, 0.1) is 12.2 Å². The van der Waals surface area contributed by atoms with Gasteiger partial charge >= 0.3 is 0 Å². The maximum absolute atomic E-state index is 11.5. The second kappa shape index (κ2) is 5.85. The van der Waals surface area contributed by atoms with Crippen molar-refractivity contribution in [3.8, 4) is 5.75 Å². The molecule has 1 aromatic heterocycles. The van der Waals surface area contributed by atoms with Gasteiger partial charge in [0, 0.05) is 6.92 Å². The molecule has 0 saturated heterocycles. The van der Waals surface area contributed by atoms with Crippen LogP contribution in [0.3, 0.4) is 0 Å². The Hall–Kier alpha value is -2.57. The second-order valence-corrected chi connectivity index (χ2v) is 3.83. The number of aryl methyl sites for hydroxylation is 1. The van der Waals surface area contributed by atoms with Crippen LogP contribution in [0.2, 0.25) is 0 Å². The Balaban J connectivity index is 1.77. The number of nitrogens with one attached hydrogen (secondary N) is 1. The summed E-state index contributed by atoms with van der Waals surface area (Å²) in [6.45, 7) is 1.76. The minimum atomic E-state index is -0.286. The van der Waals surface area contributed by atoms with Crippen molar-refractivity contribution >= 4 is 11.6 Å². The van der Waals surface area contributed by atoms with Crippen LogP contribution in [0.4, 0.5) is 5.69 Å². The zero-order valence-electron chi connectivity index (χ0n) is 10.4. The molecule has 7 heteroatoms. The lowest BCUT2D eigenvalue weighted by molar-refractivity contribution is -0.123. The summed E-state index contributed by atoms with van der Waals surface area (Å²) in [4.78, 5) is 15.5. The summed E-state index contributed by atoms with van der Waals surface area (Å²) in [7, 11) is 0. The Labute approximate surface area is 109 Å². The van der Waals surface area contributed by atoms with E-state index in [-0.39, 0.29) is 19.1 Å². The number of aromatic nitrogens is 2. The fraction of sp³-hybridized carbons (Fsp3) is 0.250. The molecule has 19 heavy (non-hydrogen) atoms. The fourth-order valence-electron chi connectivity index (χ4n) is 1.40. The standard InChI is InChI=1S/C12H14N4O3/c1-8-15-11(16-19-8)6-14-12(17)7-18-10-5-3-2-4-9(10)13/h2-5H,6-7,13H2,1H3,(H,14,17). The molecular formula is C12H14N4O3. The maximum atomic E-state index is 11.5. The highest BCUT2D eigenvalue weighted by Gasteiger charge is 2.07. The Morgan fingerprint density at radius 3 is 2.95 bits per heavy atom. The van der Waals surface area contributed by atoms with E-state index in [1.54, 1.807) is 31.2 Å². The minimum absolute atomic E-state index is 0.120. The van der Waals surface area contributed by atoms with Crippen molar-refractivity contribution < 1.29 is 14.1 Å². The summed E-state index contributed by atoms with van der Waals surface area (Å²) in [6, 6.07) is 6.98. The average molecular weight is 262 g/mol. The monoisotopic (exact) mass is 262 g/mol. The van der Waals surface area contributed by atoms with E-state index in [0.717, 1.165) is 0 Å². The van der Waals surface area contributed by atoms with Gasteiger partial charge in [-0.15, -0.1) is 0 Å². The van der Waals surface area contributed by atoms with Gasteiger partial charge in [0.2, 0.25) is 5.89 Å². The van der Waals surface area contributed by atoms with Gasteiger partial charge in [-0.25, -0.2) is 0 Å². The number of nitrogen functional groups attached to an aromatic ring is 1. The minimum Gasteiger partial charge on any atom is -0.482 e. The molecule has 0 radical (unpaired) electrons. The molecule has 0 aliphatic rings. The van der Waals surface area contributed by atoms with Gasteiger partial charge in [-0.3, -0.25) is 4.79 Å². The summed E-state index contributed by atoms with van der Waals surface area (Å²) in [5.41, 5.74) is 6.18. The van der Waals surface area contributed by atoms with E-state index in [1.165, 1.54) is 0 Å². The van der Waals surface area contributed by atoms with Crippen molar-refractivity contribution in [3.63, 3.8) is 0 Å². The molecule has 2 rings (SSSR count). The fourth-order valence-corrected chi connectivity index (χ4v) is 1.40. The molecule has 3 N–H and O–H groups in total. The molecule has 0 fully saturated rings. The van der Waals surface area contributed by atoms with Crippen LogP contribution >= 0.6 is 0 Å². The van der Waals surface area contributed by atoms with Gasteiger partial charge in [-0.2, -0.15) is 4.98 Å². The van der Waals surface area contributed by atoms with Crippen molar-refractivity contribution in [3.05, 3.63) is 36.0 Å². The smallest absolute Gasteiger partial charge is 0.258 e. The van der Waals surface area contributed by atoms with Crippen LogP contribution in [0.1, 0.15) is 11.7 Å². The molecule has 2 aromatic rings. The van der Waals surface area contributed by atoms with Crippen molar-refractivity contribution in [2.45, 2.75) is 13.5 Å². The molecule has 0 atom stereocenters. The first-order valence-corrected chi connectivity index (χ1v) is 5.68. The van der Waals surface area contributed by atoms with Crippen LogP contribution in [0.15, 0.2) is 28.8 Å². The summed E-state index contributed by atoms with van der Waals surface area (Å²) in [5, 5.41) is 6.27. The number of para-hydroxylation sites is 2. The van der Waals surface area contributed by atoms with Crippen molar-refractivity contribution in [2.24, 2.45) is 0 Å². The molecule has 1 amide bonds. The number of benzene rings is 1. The molecule has 0 aliphatic heterocycles. The third-order valence-corrected chi connectivity index (χ3v) is 2.29. The van der Waals surface area contributed by atoms with Crippen LogP contribution in [0, 0.1) is 6.92 Å². The van der Waals surface area contributed by atoms with E-state index < -0.39 is 0 Å². The Kier molecular flexibility index (Phi) is 3.97. The Bertz CT molecular complexity index is 568. The van der Waals surface area contributed by atoms with Gasteiger partial charge < -0.3 is 20.3 Å². The number of nitrogens with zero attached hydrogens (tertiary/aromatic N) is 2.